The first-order valence-electron chi connectivity index (χ1n) is 3.35. The second-order valence-corrected chi connectivity index (χ2v) is 2.36. The number of nitrogens with one attached hydrogen (secondary N) is 1. The van der Waals surface area contributed by atoms with Gasteiger partial charge < -0.3 is 4.98 Å². The maximum Gasteiger partial charge on any atom is 0.211 e. The maximum absolute atomic E-state index is 12.6. The van der Waals surface area contributed by atoms with Crippen LogP contribution >= 0.6 is 0 Å². The van der Waals surface area contributed by atoms with Gasteiger partial charge in [-0.05, 0) is 18.2 Å². The van der Waals surface area contributed by atoms with Crippen molar-refractivity contribution in [3.05, 3.63) is 29.8 Å². The number of rotatable bonds is 0. The average Bonchev–Trinajstić information content (AvgIpc) is 2.46. The fourth-order valence-electron chi connectivity index (χ4n) is 1.03. The van der Waals surface area contributed by atoms with Gasteiger partial charge in [0, 0.05) is 0 Å². The van der Waals surface area contributed by atoms with Crippen molar-refractivity contribution >= 4 is 11.0 Å². The molecular formula is C8H4FN3. The Morgan fingerprint density at radius 3 is 3.08 bits per heavy atom. The molecule has 0 amide bonds. The van der Waals surface area contributed by atoms with E-state index in [-0.39, 0.29) is 11.6 Å². The fourth-order valence-corrected chi connectivity index (χ4v) is 1.03. The molecule has 1 N–H and O–H groups in total. The van der Waals surface area contributed by atoms with Crippen LogP contribution in [-0.4, -0.2) is 9.97 Å². The van der Waals surface area contributed by atoms with Gasteiger partial charge in [-0.1, -0.05) is 0 Å². The predicted molar refractivity (Wildman–Crippen MR) is 40.8 cm³/mol. The summed E-state index contributed by atoms with van der Waals surface area (Å²) in [5.74, 6) is -0.133. The third-order valence-electron chi connectivity index (χ3n) is 1.55. The first-order chi connectivity index (χ1) is 5.79. The molecule has 2 rings (SSSR count). The van der Waals surface area contributed by atoms with E-state index < -0.39 is 0 Å². The zero-order valence-electron chi connectivity index (χ0n) is 6.00. The summed E-state index contributed by atoms with van der Waals surface area (Å²) < 4.78 is 12.6. The van der Waals surface area contributed by atoms with Crippen molar-refractivity contribution in [2.24, 2.45) is 0 Å². The Balaban J connectivity index is 2.77. The Morgan fingerprint density at radius 1 is 1.50 bits per heavy atom. The number of aromatic amines is 1. The summed E-state index contributed by atoms with van der Waals surface area (Å²) in [5.41, 5.74) is 1.15. The molecule has 12 heavy (non-hydrogen) atoms. The molecule has 0 fully saturated rings. The Bertz CT molecular complexity index is 467. The molecule has 0 bridgehead atoms. The molecule has 0 aliphatic rings. The minimum absolute atomic E-state index is 0.204. The van der Waals surface area contributed by atoms with Gasteiger partial charge in [0.25, 0.3) is 0 Å². The Labute approximate surface area is 67.5 Å². The number of hydrogen-bond acceptors (Lipinski definition) is 2. The van der Waals surface area contributed by atoms with E-state index in [0.717, 1.165) is 0 Å². The fraction of sp³-hybridized carbons (Fsp3) is 0. The van der Waals surface area contributed by atoms with E-state index in [1.54, 1.807) is 0 Å². The van der Waals surface area contributed by atoms with E-state index in [2.05, 4.69) is 9.97 Å². The molecule has 1 aromatic carbocycles. The second kappa shape index (κ2) is 2.31. The molecule has 58 valence electrons. The molecule has 0 saturated heterocycles. The van der Waals surface area contributed by atoms with Crippen LogP contribution in [0.5, 0.6) is 0 Å². The lowest BCUT2D eigenvalue weighted by Gasteiger charge is -1.85. The zero-order valence-corrected chi connectivity index (χ0v) is 6.00. The summed E-state index contributed by atoms with van der Waals surface area (Å²) in [6.07, 6.45) is 0. The topological polar surface area (TPSA) is 52.5 Å². The Hall–Kier alpha value is -1.89. The molecule has 0 radical (unpaired) electrons. The predicted octanol–water partition coefficient (Wildman–Crippen LogP) is 1.57. The van der Waals surface area contributed by atoms with Crippen molar-refractivity contribution < 1.29 is 4.39 Å². The quantitative estimate of drug-likeness (QED) is 0.637. The number of nitrogens with zero attached hydrogens (tertiary/aromatic N) is 2. The van der Waals surface area contributed by atoms with Gasteiger partial charge in [-0.3, -0.25) is 0 Å². The van der Waals surface area contributed by atoms with Crippen molar-refractivity contribution in [1.82, 2.24) is 9.97 Å². The second-order valence-electron chi connectivity index (χ2n) is 2.36. The summed E-state index contributed by atoms with van der Waals surface area (Å²) in [6.45, 7) is 0. The van der Waals surface area contributed by atoms with E-state index in [9.17, 15) is 4.39 Å². The lowest BCUT2D eigenvalue weighted by molar-refractivity contribution is 0.629. The number of halogens is 1. The van der Waals surface area contributed by atoms with E-state index in [1.165, 1.54) is 18.2 Å². The summed E-state index contributed by atoms with van der Waals surface area (Å²) in [7, 11) is 0. The van der Waals surface area contributed by atoms with E-state index in [1.807, 2.05) is 6.07 Å². The molecular weight excluding hydrogens is 157 g/mol. The largest absolute Gasteiger partial charge is 0.329 e. The van der Waals surface area contributed by atoms with Gasteiger partial charge in [-0.25, -0.2) is 9.37 Å². The number of hydrogen-bond donors (Lipinski definition) is 1. The molecule has 2 aromatic rings. The lowest BCUT2D eigenvalue weighted by Crippen LogP contribution is -1.72. The molecule has 4 heteroatoms. The Morgan fingerprint density at radius 2 is 2.33 bits per heavy atom. The molecule has 0 aliphatic carbocycles. The third-order valence-corrected chi connectivity index (χ3v) is 1.55. The van der Waals surface area contributed by atoms with Crippen LogP contribution in [0.25, 0.3) is 11.0 Å². The zero-order chi connectivity index (χ0) is 8.55. The smallest absolute Gasteiger partial charge is 0.211 e. The normalized spacial score (nSPS) is 10.0. The van der Waals surface area contributed by atoms with E-state index in [4.69, 9.17) is 5.26 Å². The van der Waals surface area contributed by atoms with Crippen molar-refractivity contribution in [3.63, 3.8) is 0 Å². The molecule has 0 saturated carbocycles. The van der Waals surface area contributed by atoms with Crippen LogP contribution in [0.15, 0.2) is 18.2 Å². The van der Waals surface area contributed by atoms with Crippen LogP contribution in [0.3, 0.4) is 0 Å². The molecule has 0 unspecified atom stereocenters. The summed E-state index contributed by atoms with van der Waals surface area (Å²) in [6, 6.07) is 6.00. The van der Waals surface area contributed by atoms with Crippen molar-refractivity contribution in [2.75, 3.05) is 0 Å². The van der Waals surface area contributed by atoms with Crippen molar-refractivity contribution in [3.8, 4) is 6.07 Å². The minimum atomic E-state index is -0.337. The standard InChI is InChI=1S/C8H4FN3/c9-5-1-2-6-7(3-5)12-8(4-10)11-6/h1-3H,(H,11,12). The van der Waals surface area contributed by atoms with Gasteiger partial charge in [-0.2, -0.15) is 5.26 Å². The molecule has 0 atom stereocenters. The maximum atomic E-state index is 12.6. The number of H-pyrrole nitrogens is 1. The summed E-state index contributed by atoms with van der Waals surface area (Å²) >= 11 is 0. The third kappa shape index (κ3) is 0.920. The molecule has 1 heterocycles. The van der Waals surface area contributed by atoms with Crippen LogP contribution in [0, 0.1) is 17.1 Å². The number of imidazole rings is 1. The number of benzene rings is 1. The van der Waals surface area contributed by atoms with Crippen LogP contribution in [0.4, 0.5) is 4.39 Å². The SMILES string of the molecule is N#Cc1nc2ccc(F)cc2[nH]1. The average molecular weight is 161 g/mol. The first-order valence-corrected chi connectivity index (χ1v) is 3.35. The monoisotopic (exact) mass is 161 g/mol. The van der Waals surface area contributed by atoms with Gasteiger partial charge in [-0.15, -0.1) is 0 Å². The molecule has 1 aromatic heterocycles. The van der Waals surface area contributed by atoms with E-state index >= 15 is 0 Å². The molecule has 0 aliphatic heterocycles. The van der Waals surface area contributed by atoms with Crippen LogP contribution in [0.1, 0.15) is 5.82 Å². The van der Waals surface area contributed by atoms with Crippen molar-refractivity contribution in [1.29, 1.82) is 5.26 Å². The van der Waals surface area contributed by atoms with Crippen LogP contribution in [0.2, 0.25) is 0 Å². The van der Waals surface area contributed by atoms with E-state index in [0.29, 0.717) is 11.0 Å². The van der Waals surface area contributed by atoms with Gasteiger partial charge in [0.05, 0.1) is 11.0 Å². The molecule has 0 spiro atoms. The van der Waals surface area contributed by atoms with Gasteiger partial charge in [0.2, 0.25) is 5.82 Å². The molecule has 3 nitrogen and oxygen atoms in total. The minimum Gasteiger partial charge on any atom is -0.329 e. The highest BCUT2D eigenvalue weighted by Gasteiger charge is 2.01. The van der Waals surface area contributed by atoms with Crippen molar-refractivity contribution in [2.45, 2.75) is 0 Å². The number of fused-ring (bicyclic) bond motifs is 1. The van der Waals surface area contributed by atoms with Crippen LogP contribution in [-0.2, 0) is 0 Å². The van der Waals surface area contributed by atoms with Gasteiger partial charge >= 0.3 is 0 Å². The Kier molecular flexibility index (Phi) is 1.31. The van der Waals surface area contributed by atoms with Gasteiger partial charge in [0.1, 0.15) is 11.9 Å². The number of nitriles is 1. The van der Waals surface area contributed by atoms with Gasteiger partial charge in [0.15, 0.2) is 0 Å². The lowest BCUT2D eigenvalue weighted by atomic mass is 10.3. The number of aromatic nitrogens is 2. The summed E-state index contributed by atoms with van der Waals surface area (Å²) in [5, 5.41) is 8.47. The van der Waals surface area contributed by atoms with Crippen LogP contribution < -0.4 is 0 Å². The first kappa shape index (κ1) is 6.80. The highest BCUT2D eigenvalue weighted by Crippen LogP contribution is 2.11. The highest BCUT2D eigenvalue weighted by atomic mass is 19.1. The summed E-state index contributed by atoms with van der Waals surface area (Å²) in [4.78, 5) is 6.56. The highest BCUT2D eigenvalue weighted by molar-refractivity contribution is 5.75.